The van der Waals surface area contributed by atoms with Crippen LogP contribution < -0.4 is 0 Å². The SMILES string of the molecule is C/C=C\[C@@H](I)CC. The minimum atomic E-state index is 0.739. The Bertz CT molecular complexity index is 57.2. The van der Waals surface area contributed by atoms with Gasteiger partial charge in [0.2, 0.25) is 0 Å². The predicted octanol–water partition coefficient (Wildman–Crippen LogP) is 2.78. The molecule has 0 amide bonds. The third-order valence-corrected chi connectivity index (χ3v) is 2.09. The standard InChI is InChI=1S/C6H11I/c1-3-5-6(7)4-2/h3,5-6H,4H2,1-2H3/b5-3-/t6-/m0/s1. The number of rotatable bonds is 2. The van der Waals surface area contributed by atoms with Crippen LogP contribution in [-0.4, -0.2) is 3.92 Å². The molecule has 0 aliphatic rings. The molecule has 0 nitrogen and oxygen atoms in total. The van der Waals surface area contributed by atoms with Crippen molar-refractivity contribution in [1.29, 1.82) is 0 Å². The van der Waals surface area contributed by atoms with Crippen LogP contribution in [0, 0.1) is 0 Å². The highest BCUT2D eigenvalue weighted by Crippen LogP contribution is 2.05. The molecule has 0 radical (unpaired) electrons. The highest BCUT2D eigenvalue weighted by atomic mass is 127. The fourth-order valence-electron chi connectivity index (χ4n) is 0.345. The van der Waals surface area contributed by atoms with Crippen molar-refractivity contribution in [2.24, 2.45) is 0 Å². The van der Waals surface area contributed by atoms with Crippen LogP contribution >= 0.6 is 22.6 Å². The molecular weight excluding hydrogens is 199 g/mol. The molecule has 0 heterocycles. The topological polar surface area (TPSA) is 0 Å². The smallest absolute Gasteiger partial charge is 0.0286 e. The molecule has 0 unspecified atom stereocenters. The summed E-state index contributed by atoms with van der Waals surface area (Å²) in [4.78, 5) is 0. The molecule has 0 aliphatic carbocycles. The average Bonchev–Trinajstić information content (AvgIpc) is 1.68. The molecule has 7 heavy (non-hydrogen) atoms. The lowest BCUT2D eigenvalue weighted by atomic mass is 10.3. The quantitative estimate of drug-likeness (QED) is 0.373. The van der Waals surface area contributed by atoms with Gasteiger partial charge >= 0.3 is 0 Å². The number of hydrogen-bond acceptors (Lipinski definition) is 0. The van der Waals surface area contributed by atoms with E-state index in [4.69, 9.17) is 0 Å². The molecule has 0 fully saturated rings. The van der Waals surface area contributed by atoms with Gasteiger partial charge in [-0.05, 0) is 13.3 Å². The molecular formula is C6H11I. The number of allylic oxidation sites excluding steroid dienone is 2. The molecule has 0 spiro atoms. The van der Waals surface area contributed by atoms with Crippen molar-refractivity contribution in [3.8, 4) is 0 Å². The van der Waals surface area contributed by atoms with Crippen LogP contribution in [0.25, 0.3) is 0 Å². The lowest BCUT2D eigenvalue weighted by Gasteiger charge is -1.93. The summed E-state index contributed by atoms with van der Waals surface area (Å²) >= 11 is 2.42. The molecule has 0 aliphatic heterocycles. The summed E-state index contributed by atoms with van der Waals surface area (Å²) in [5, 5.41) is 0. The van der Waals surface area contributed by atoms with Crippen molar-refractivity contribution in [3.05, 3.63) is 12.2 Å². The Morgan fingerprint density at radius 2 is 2.29 bits per heavy atom. The maximum atomic E-state index is 2.42. The number of hydrogen-bond donors (Lipinski definition) is 0. The minimum absolute atomic E-state index is 0.739. The van der Waals surface area contributed by atoms with Gasteiger partial charge in [-0.1, -0.05) is 41.7 Å². The van der Waals surface area contributed by atoms with E-state index in [1.807, 2.05) is 0 Å². The molecule has 42 valence electrons. The van der Waals surface area contributed by atoms with Gasteiger partial charge in [-0.15, -0.1) is 0 Å². The summed E-state index contributed by atoms with van der Waals surface area (Å²) in [6.45, 7) is 4.25. The monoisotopic (exact) mass is 210 g/mol. The summed E-state index contributed by atoms with van der Waals surface area (Å²) in [7, 11) is 0. The Morgan fingerprint density at radius 3 is 2.43 bits per heavy atom. The minimum Gasteiger partial charge on any atom is -0.0906 e. The molecule has 0 bridgehead atoms. The van der Waals surface area contributed by atoms with Gasteiger partial charge in [-0.25, -0.2) is 0 Å². The lowest BCUT2D eigenvalue weighted by molar-refractivity contribution is 1.01. The first-order valence-electron chi connectivity index (χ1n) is 2.58. The third kappa shape index (κ3) is 4.32. The summed E-state index contributed by atoms with van der Waals surface area (Å²) < 4.78 is 0.739. The summed E-state index contributed by atoms with van der Waals surface area (Å²) in [6, 6.07) is 0. The first kappa shape index (κ1) is 7.47. The van der Waals surface area contributed by atoms with Crippen molar-refractivity contribution >= 4 is 22.6 Å². The molecule has 0 rings (SSSR count). The highest BCUT2D eigenvalue weighted by molar-refractivity contribution is 14.1. The van der Waals surface area contributed by atoms with Crippen molar-refractivity contribution < 1.29 is 0 Å². The molecule has 0 aromatic rings. The zero-order valence-corrected chi connectivity index (χ0v) is 6.97. The average molecular weight is 210 g/mol. The van der Waals surface area contributed by atoms with Crippen LogP contribution in [0.15, 0.2) is 12.2 Å². The maximum Gasteiger partial charge on any atom is 0.0286 e. The van der Waals surface area contributed by atoms with E-state index in [9.17, 15) is 0 Å². The lowest BCUT2D eigenvalue weighted by Crippen LogP contribution is -1.84. The predicted molar refractivity (Wildman–Crippen MR) is 42.9 cm³/mol. The van der Waals surface area contributed by atoms with Crippen molar-refractivity contribution in [1.82, 2.24) is 0 Å². The van der Waals surface area contributed by atoms with Crippen molar-refractivity contribution in [3.63, 3.8) is 0 Å². The zero-order chi connectivity index (χ0) is 5.70. The Kier molecular flexibility index (Phi) is 4.94. The normalized spacial score (nSPS) is 15.3. The second-order valence-electron chi connectivity index (χ2n) is 1.45. The molecule has 1 atom stereocenters. The fraction of sp³-hybridized carbons (Fsp3) is 0.667. The van der Waals surface area contributed by atoms with E-state index in [1.54, 1.807) is 0 Å². The fourth-order valence-corrected chi connectivity index (χ4v) is 0.760. The Hall–Kier alpha value is 0.470. The van der Waals surface area contributed by atoms with Gasteiger partial charge in [-0.3, -0.25) is 0 Å². The van der Waals surface area contributed by atoms with Crippen LogP contribution in [0.1, 0.15) is 20.3 Å². The first-order valence-corrected chi connectivity index (χ1v) is 3.82. The summed E-state index contributed by atoms with van der Waals surface area (Å²) in [5.41, 5.74) is 0. The van der Waals surface area contributed by atoms with Crippen LogP contribution in [0.5, 0.6) is 0 Å². The van der Waals surface area contributed by atoms with Gasteiger partial charge in [0.1, 0.15) is 0 Å². The molecule has 0 saturated carbocycles. The second-order valence-corrected chi connectivity index (χ2v) is 3.05. The van der Waals surface area contributed by atoms with Gasteiger partial charge in [0.05, 0.1) is 0 Å². The molecule has 0 aromatic carbocycles. The van der Waals surface area contributed by atoms with Crippen LogP contribution in [0.3, 0.4) is 0 Å². The van der Waals surface area contributed by atoms with E-state index in [0.29, 0.717) is 0 Å². The Morgan fingerprint density at radius 1 is 1.71 bits per heavy atom. The van der Waals surface area contributed by atoms with Crippen LogP contribution in [-0.2, 0) is 0 Å². The van der Waals surface area contributed by atoms with E-state index in [0.717, 1.165) is 3.92 Å². The number of halogens is 1. The summed E-state index contributed by atoms with van der Waals surface area (Å²) in [5.74, 6) is 0. The highest BCUT2D eigenvalue weighted by Gasteiger charge is 1.88. The van der Waals surface area contributed by atoms with E-state index in [-0.39, 0.29) is 0 Å². The first-order chi connectivity index (χ1) is 3.31. The van der Waals surface area contributed by atoms with Gasteiger partial charge < -0.3 is 0 Å². The van der Waals surface area contributed by atoms with Gasteiger partial charge in [0.25, 0.3) is 0 Å². The maximum absolute atomic E-state index is 2.42. The van der Waals surface area contributed by atoms with E-state index < -0.39 is 0 Å². The largest absolute Gasteiger partial charge is 0.0906 e. The van der Waals surface area contributed by atoms with Gasteiger partial charge in [-0.2, -0.15) is 0 Å². The van der Waals surface area contributed by atoms with Gasteiger partial charge in [0.15, 0.2) is 0 Å². The molecule has 0 N–H and O–H groups in total. The van der Waals surface area contributed by atoms with Crippen LogP contribution in [0.4, 0.5) is 0 Å². The number of alkyl halides is 1. The Labute approximate surface area is 59.1 Å². The van der Waals surface area contributed by atoms with Crippen molar-refractivity contribution in [2.45, 2.75) is 24.2 Å². The van der Waals surface area contributed by atoms with E-state index >= 15 is 0 Å². The zero-order valence-electron chi connectivity index (χ0n) is 4.82. The summed E-state index contributed by atoms with van der Waals surface area (Å²) in [6.07, 6.45) is 5.55. The van der Waals surface area contributed by atoms with Crippen LogP contribution in [0.2, 0.25) is 0 Å². The van der Waals surface area contributed by atoms with E-state index in [2.05, 4.69) is 48.6 Å². The molecule has 1 heteroatoms. The third-order valence-electron chi connectivity index (χ3n) is 0.791. The van der Waals surface area contributed by atoms with Gasteiger partial charge in [0, 0.05) is 3.92 Å². The van der Waals surface area contributed by atoms with Crippen molar-refractivity contribution in [2.75, 3.05) is 0 Å². The molecule has 0 saturated heterocycles. The Balaban J connectivity index is 3.16. The molecule has 0 aromatic heterocycles. The second kappa shape index (κ2) is 4.62. The van der Waals surface area contributed by atoms with E-state index in [1.165, 1.54) is 6.42 Å².